The lowest BCUT2D eigenvalue weighted by molar-refractivity contribution is -0.167. The van der Waals surface area contributed by atoms with Crippen molar-refractivity contribution in [2.45, 2.75) is 264 Å². The first-order valence-corrected chi connectivity index (χ1v) is 25.0. The molecule has 1 atom stereocenters. The standard InChI is InChI=1S/C52H94O6/c1-4-7-10-13-16-19-22-24-25-26-27-29-30-33-36-39-42-45-51(54)57-48-49(47-56-50(53)44-41-38-35-32-21-18-15-12-9-6-3)58-52(55)46-43-40-37-34-31-28-23-20-17-14-11-8-5-2/h12,15,20,23-25,49H,4-11,13-14,16-19,21-22,26-48H2,1-3H3/b15-12-,23-20-,25-24-. The second kappa shape index (κ2) is 47.3. The van der Waals surface area contributed by atoms with Gasteiger partial charge >= 0.3 is 17.9 Å². The van der Waals surface area contributed by atoms with Crippen LogP contribution >= 0.6 is 0 Å². The molecule has 0 saturated carbocycles. The molecular weight excluding hydrogens is 721 g/mol. The Bertz CT molecular complexity index is 984. The molecule has 0 aliphatic heterocycles. The number of unbranched alkanes of at least 4 members (excludes halogenated alkanes) is 28. The molecule has 0 spiro atoms. The summed E-state index contributed by atoms with van der Waals surface area (Å²) >= 11 is 0. The molecule has 0 aromatic rings. The van der Waals surface area contributed by atoms with E-state index in [9.17, 15) is 14.4 Å². The third-order valence-corrected chi connectivity index (χ3v) is 10.8. The van der Waals surface area contributed by atoms with Crippen LogP contribution in [0.15, 0.2) is 36.5 Å². The van der Waals surface area contributed by atoms with Gasteiger partial charge in [-0.3, -0.25) is 14.4 Å². The molecule has 0 heterocycles. The second-order valence-corrected chi connectivity index (χ2v) is 16.7. The molecular formula is C52H94O6. The minimum atomic E-state index is -0.777. The number of hydrogen-bond acceptors (Lipinski definition) is 6. The van der Waals surface area contributed by atoms with Gasteiger partial charge in [0.15, 0.2) is 6.10 Å². The topological polar surface area (TPSA) is 78.9 Å². The van der Waals surface area contributed by atoms with E-state index >= 15 is 0 Å². The largest absolute Gasteiger partial charge is 0.462 e. The van der Waals surface area contributed by atoms with Crippen LogP contribution in [0.3, 0.4) is 0 Å². The highest BCUT2D eigenvalue weighted by molar-refractivity contribution is 5.71. The van der Waals surface area contributed by atoms with Crippen molar-refractivity contribution in [3.63, 3.8) is 0 Å². The van der Waals surface area contributed by atoms with Crippen molar-refractivity contribution in [3.05, 3.63) is 36.5 Å². The summed E-state index contributed by atoms with van der Waals surface area (Å²) in [5.74, 6) is -0.898. The Kier molecular flexibility index (Phi) is 45.4. The van der Waals surface area contributed by atoms with Gasteiger partial charge in [-0.2, -0.15) is 0 Å². The zero-order valence-corrected chi connectivity index (χ0v) is 38.6. The molecule has 6 heteroatoms. The summed E-state index contributed by atoms with van der Waals surface area (Å²) in [6.45, 7) is 6.55. The van der Waals surface area contributed by atoms with E-state index in [2.05, 4.69) is 57.2 Å². The van der Waals surface area contributed by atoms with Crippen LogP contribution in [0.5, 0.6) is 0 Å². The fourth-order valence-electron chi connectivity index (χ4n) is 7.02. The average molecular weight is 815 g/mol. The SMILES string of the molecule is CCC/C=C\CCCCCCCC(=O)OCC(COC(=O)CCCCCCCCC/C=C\CCCCCCCC)OC(=O)CCCCCCC/C=C\CCCCCC. The minimum Gasteiger partial charge on any atom is -0.462 e. The van der Waals surface area contributed by atoms with Gasteiger partial charge in [-0.1, -0.05) is 186 Å². The zero-order valence-electron chi connectivity index (χ0n) is 38.6. The molecule has 0 aromatic heterocycles. The molecule has 0 rings (SSSR count). The van der Waals surface area contributed by atoms with Crippen LogP contribution in [0.1, 0.15) is 258 Å². The molecule has 6 nitrogen and oxygen atoms in total. The summed E-state index contributed by atoms with van der Waals surface area (Å²) in [5.41, 5.74) is 0. The summed E-state index contributed by atoms with van der Waals surface area (Å²) in [7, 11) is 0. The lowest BCUT2D eigenvalue weighted by Gasteiger charge is -2.18. The Labute approximate surface area is 359 Å². The number of carbonyl (C=O) groups excluding carboxylic acids is 3. The van der Waals surface area contributed by atoms with Crippen LogP contribution in [0.25, 0.3) is 0 Å². The van der Waals surface area contributed by atoms with Crippen LogP contribution < -0.4 is 0 Å². The maximum absolute atomic E-state index is 12.7. The molecule has 0 amide bonds. The van der Waals surface area contributed by atoms with Crippen molar-refractivity contribution in [2.24, 2.45) is 0 Å². The van der Waals surface area contributed by atoms with Crippen molar-refractivity contribution >= 4 is 17.9 Å². The summed E-state index contributed by atoms with van der Waals surface area (Å²) in [6, 6.07) is 0. The van der Waals surface area contributed by atoms with E-state index in [1.807, 2.05) is 0 Å². The first-order chi connectivity index (χ1) is 28.5. The van der Waals surface area contributed by atoms with Gasteiger partial charge in [0.1, 0.15) is 13.2 Å². The van der Waals surface area contributed by atoms with Crippen LogP contribution in [-0.4, -0.2) is 37.2 Å². The van der Waals surface area contributed by atoms with Gasteiger partial charge < -0.3 is 14.2 Å². The average Bonchev–Trinajstić information content (AvgIpc) is 3.22. The Hall–Kier alpha value is -2.37. The molecule has 58 heavy (non-hydrogen) atoms. The van der Waals surface area contributed by atoms with Gasteiger partial charge in [0, 0.05) is 19.3 Å². The van der Waals surface area contributed by atoms with Crippen molar-refractivity contribution in [1.29, 1.82) is 0 Å². The number of esters is 3. The highest BCUT2D eigenvalue weighted by Crippen LogP contribution is 2.14. The van der Waals surface area contributed by atoms with E-state index in [0.29, 0.717) is 19.3 Å². The summed E-state index contributed by atoms with van der Waals surface area (Å²) < 4.78 is 16.7. The van der Waals surface area contributed by atoms with Gasteiger partial charge in [0.05, 0.1) is 0 Å². The van der Waals surface area contributed by atoms with Crippen molar-refractivity contribution in [1.82, 2.24) is 0 Å². The molecule has 0 fully saturated rings. The number of hydrogen-bond donors (Lipinski definition) is 0. The molecule has 0 N–H and O–H groups in total. The van der Waals surface area contributed by atoms with Gasteiger partial charge in [0.2, 0.25) is 0 Å². The van der Waals surface area contributed by atoms with E-state index in [0.717, 1.165) is 83.5 Å². The van der Waals surface area contributed by atoms with E-state index in [1.54, 1.807) is 0 Å². The van der Waals surface area contributed by atoms with Crippen LogP contribution in [0.4, 0.5) is 0 Å². The Morgan fingerprint density at radius 3 is 0.948 bits per heavy atom. The Morgan fingerprint density at radius 2 is 0.603 bits per heavy atom. The summed E-state index contributed by atoms with van der Waals surface area (Å²) in [4.78, 5) is 37.8. The summed E-state index contributed by atoms with van der Waals surface area (Å²) in [5, 5.41) is 0. The zero-order chi connectivity index (χ0) is 42.3. The third-order valence-electron chi connectivity index (χ3n) is 10.8. The van der Waals surface area contributed by atoms with Gasteiger partial charge in [-0.15, -0.1) is 0 Å². The molecule has 0 saturated heterocycles. The molecule has 0 radical (unpaired) electrons. The van der Waals surface area contributed by atoms with E-state index in [4.69, 9.17) is 14.2 Å². The minimum absolute atomic E-state index is 0.0793. The Morgan fingerprint density at radius 1 is 0.328 bits per heavy atom. The number of rotatable bonds is 45. The maximum Gasteiger partial charge on any atom is 0.306 e. The van der Waals surface area contributed by atoms with Crippen molar-refractivity contribution in [3.8, 4) is 0 Å². The maximum atomic E-state index is 12.7. The lowest BCUT2D eigenvalue weighted by atomic mass is 10.1. The predicted molar refractivity (Wildman–Crippen MR) is 247 cm³/mol. The lowest BCUT2D eigenvalue weighted by Crippen LogP contribution is -2.30. The number of ether oxygens (including phenoxy) is 3. The van der Waals surface area contributed by atoms with Gasteiger partial charge in [-0.25, -0.2) is 0 Å². The van der Waals surface area contributed by atoms with Crippen LogP contribution in [-0.2, 0) is 28.6 Å². The highest BCUT2D eigenvalue weighted by Gasteiger charge is 2.19. The first-order valence-electron chi connectivity index (χ1n) is 25.0. The van der Waals surface area contributed by atoms with Crippen molar-refractivity contribution < 1.29 is 28.6 Å². The van der Waals surface area contributed by atoms with Gasteiger partial charge in [0.25, 0.3) is 0 Å². The fraction of sp³-hybridized carbons (Fsp3) is 0.827. The quantitative estimate of drug-likeness (QED) is 0.0264. The van der Waals surface area contributed by atoms with Crippen LogP contribution in [0.2, 0.25) is 0 Å². The van der Waals surface area contributed by atoms with E-state index in [1.165, 1.54) is 135 Å². The molecule has 0 bridgehead atoms. The fourth-order valence-corrected chi connectivity index (χ4v) is 7.02. The van der Waals surface area contributed by atoms with E-state index < -0.39 is 6.10 Å². The second-order valence-electron chi connectivity index (χ2n) is 16.7. The van der Waals surface area contributed by atoms with Gasteiger partial charge in [-0.05, 0) is 89.9 Å². The number of carbonyl (C=O) groups is 3. The normalized spacial score (nSPS) is 12.3. The molecule has 0 aromatic carbocycles. The van der Waals surface area contributed by atoms with Crippen LogP contribution in [0, 0.1) is 0 Å². The smallest absolute Gasteiger partial charge is 0.306 e. The Balaban J connectivity index is 4.34. The first kappa shape index (κ1) is 55.6. The molecule has 0 aliphatic carbocycles. The summed E-state index contributed by atoms with van der Waals surface area (Å²) in [6.07, 6.45) is 54.1. The predicted octanol–water partition coefficient (Wildman–Crippen LogP) is 16.1. The third kappa shape index (κ3) is 44.7. The monoisotopic (exact) mass is 815 g/mol. The molecule has 1 unspecified atom stereocenters. The molecule has 0 aliphatic rings. The van der Waals surface area contributed by atoms with E-state index in [-0.39, 0.29) is 31.1 Å². The van der Waals surface area contributed by atoms with Crippen molar-refractivity contribution in [2.75, 3.05) is 13.2 Å². The highest BCUT2D eigenvalue weighted by atomic mass is 16.6. The number of allylic oxidation sites excluding steroid dienone is 6. The molecule has 338 valence electrons.